The molecule has 2 radical (unpaired) electrons. The lowest BCUT2D eigenvalue weighted by Crippen LogP contribution is -2.25. The van der Waals surface area contributed by atoms with Gasteiger partial charge >= 0.3 is 0 Å². The van der Waals surface area contributed by atoms with E-state index < -0.39 is 5.92 Å². The van der Waals surface area contributed by atoms with Crippen molar-refractivity contribution in [3.63, 3.8) is 0 Å². The summed E-state index contributed by atoms with van der Waals surface area (Å²) in [5.41, 5.74) is 1.45. The maximum Gasteiger partial charge on any atom is 0.261 e. The first kappa shape index (κ1) is 10.5. The van der Waals surface area contributed by atoms with Gasteiger partial charge in [-0.2, -0.15) is 0 Å². The average Bonchev–Trinajstić information content (AvgIpc) is 2.45. The first-order chi connectivity index (χ1) is 7.05. The third-order valence-corrected chi connectivity index (χ3v) is 2.47. The quantitative estimate of drug-likeness (QED) is 0.665. The fourth-order valence-corrected chi connectivity index (χ4v) is 1.79. The second kappa shape index (κ2) is 3.89. The molecular formula is C10H11BF2N2. The molecule has 1 aliphatic rings. The minimum atomic E-state index is -2.53. The Kier molecular flexibility index (Phi) is 2.73. The molecule has 78 valence electrons. The number of aromatic nitrogens is 1. The van der Waals surface area contributed by atoms with Crippen LogP contribution in [0.3, 0.4) is 0 Å². The molecule has 2 heterocycles. The van der Waals surface area contributed by atoms with Gasteiger partial charge in [0.05, 0.1) is 6.54 Å². The highest BCUT2D eigenvalue weighted by Gasteiger charge is 2.37. The molecule has 5 heteroatoms. The topological polar surface area (TPSA) is 16.1 Å². The predicted octanol–water partition coefficient (Wildman–Crippen LogP) is 0.716. The number of hydrogen-bond acceptors (Lipinski definition) is 2. The van der Waals surface area contributed by atoms with Crippen molar-refractivity contribution in [2.45, 2.75) is 18.9 Å². The maximum absolute atomic E-state index is 12.9. The van der Waals surface area contributed by atoms with Crippen LogP contribution in [-0.4, -0.2) is 36.7 Å². The monoisotopic (exact) mass is 208 g/mol. The van der Waals surface area contributed by atoms with Crippen LogP contribution in [0.2, 0.25) is 0 Å². The van der Waals surface area contributed by atoms with Gasteiger partial charge in [0, 0.05) is 31.9 Å². The van der Waals surface area contributed by atoms with E-state index in [0.717, 1.165) is 5.56 Å². The van der Waals surface area contributed by atoms with Crippen LogP contribution in [0.4, 0.5) is 8.78 Å². The lowest BCUT2D eigenvalue weighted by Gasteiger charge is -2.15. The van der Waals surface area contributed by atoms with Gasteiger partial charge in [-0.15, -0.1) is 0 Å². The summed E-state index contributed by atoms with van der Waals surface area (Å²) in [5, 5.41) is 0. The minimum absolute atomic E-state index is 0.0528. The molecule has 0 N–H and O–H groups in total. The van der Waals surface area contributed by atoms with E-state index in [0.29, 0.717) is 18.6 Å². The Morgan fingerprint density at radius 2 is 2.27 bits per heavy atom. The molecule has 2 rings (SSSR count). The van der Waals surface area contributed by atoms with Gasteiger partial charge in [0.15, 0.2) is 0 Å². The number of nitrogens with zero attached hydrogens (tertiary/aromatic N) is 2. The molecule has 1 aliphatic heterocycles. The zero-order valence-electron chi connectivity index (χ0n) is 8.29. The smallest absolute Gasteiger partial charge is 0.261 e. The number of hydrogen-bond donors (Lipinski definition) is 0. The Bertz CT molecular complexity index is 357. The van der Waals surface area contributed by atoms with Crippen LogP contribution < -0.4 is 5.46 Å². The van der Waals surface area contributed by atoms with E-state index in [9.17, 15) is 8.78 Å². The third-order valence-electron chi connectivity index (χ3n) is 2.47. The van der Waals surface area contributed by atoms with Crippen molar-refractivity contribution in [2.24, 2.45) is 0 Å². The Labute approximate surface area is 88.7 Å². The van der Waals surface area contributed by atoms with Crippen molar-refractivity contribution in [3.8, 4) is 0 Å². The van der Waals surface area contributed by atoms with Crippen molar-refractivity contribution in [1.29, 1.82) is 0 Å². The van der Waals surface area contributed by atoms with Crippen LogP contribution in [0.1, 0.15) is 12.0 Å². The Morgan fingerprint density at radius 3 is 2.87 bits per heavy atom. The highest BCUT2D eigenvalue weighted by atomic mass is 19.3. The highest BCUT2D eigenvalue weighted by molar-refractivity contribution is 6.32. The predicted molar refractivity (Wildman–Crippen MR) is 54.5 cm³/mol. The summed E-state index contributed by atoms with van der Waals surface area (Å²) in [6, 6.07) is 1.77. The van der Waals surface area contributed by atoms with Gasteiger partial charge in [0.25, 0.3) is 5.92 Å². The second-order valence-corrected chi connectivity index (χ2v) is 3.94. The molecule has 15 heavy (non-hydrogen) atoms. The lowest BCUT2D eigenvalue weighted by molar-refractivity contribution is 0.0115. The van der Waals surface area contributed by atoms with E-state index in [-0.39, 0.29) is 13.0 Å². The van der Waals surface area contributed by atoms with Crippen LogP contribution in [-0.2, 0) is 6.54 Å². The fraction of sp³-hybridized carbons (Fsp3) is 0.500. The number of alkyl halides is 2. The SMILES string of the molecule is [B]c1cncc(CN2CCC(F)(F)C2)c1. The van der Waals surface area contributed by atoms with E-state index in [1.54, 1.807) is 23.4 Å². The van der Waals surface area contributed by atoms with Crippen LogP contribution >= 0.6 is 0 Å². The Balaban J connectivity index is 1.99. The van der Waals surface area contributed by atoms with Crippen molar-refractivity contribution >= 4 is 13.3 Å². The molecule has 0 aromatic carbocycles. The number of likely N-dealkylation sites (tertiary alicyclic amines) is 1. The first-order valence-corrected chi connectivity index (χ1v) is 4.85. The summed E-state index contributed by atoms with van der Waals surface area (Å²) in [4.78, 5) is 5.64. The van der Waals surface area contributed by atoms with Gasteiger partial charge in [-0.25, -0.2) is 8.78 Å². The molecule has 1 aromatic heterocycles. The number of halogens is 2. The molecule has 0 unspecified atom stereocenters. The summed E-state index contributed by atoms with van der Waals surface area (Å²) < 4.78 is 25.8. The highest BCUT2D eigenvalue weighted by Crippen LogP contribution is 2.27. The van der Waals surface area contributed by atoms with E-state index in [2.05, 4.69) is 4.98 Å². The van der Waals surface area contributed by atoms with E-state index in [4.69, 9.17) is 7.85 Å². The van der Waals surface area contributed by atoms with E-state index in [1.165, 1.54) is 0 Å². The summed E-state index contributed by atoms with van der Waals surface area (Å²) in [6.45, 7) is 0.761. The van der Waals surface area contributed by atoms with Gasteiger partial charge < -0.3 is 0 Å². The zero-order chi connectivity index (χ0) is 10.9. The van der Waals surface area contributed by atoms with Crippen molar-refractivity contribution in [2.75, 3.05) is 13.1 Å². The minimum Gasteiger partial charge on any atom is -0.293 e. The number of rotatable bonds is 2. The molecule has 0 aliphatic carbocycles. The molecule has 1 saturated heterocycles. The van der Waals surface area contributed by atoms with Crippen LogP contribution in [0.25, 0.3) is 0 Å². The molecule has 0 spiro atoms. The van der Waals surface area contributed by atoms with Crippen LogP contribution in [0.5, 0.6) is 0 Å². The normalized spacial score (nSPS) is 20.7. The molecule has 0 saturated carbocycles. The molecular weight excluding hydrogens is 197 g/mol. The van der Waals surface area contributed by atoms with Crippen LogP contribution in [0.15, 0.2) is 18.5 Å². The Hall–Kier alpha value is -0.965. The van der Waals surface area contributed by atoms with Crippen molar-refractivity contribution in [1.82, 2.24) is 9.88 Å². The van der Waals surface area contributed by atoms with Gasteiger partial charge in [-0.3, -0.25) is 9.88 Å². The van der Waals surface area contributed by atoms with Crippen molar-refractivity contribution in [3.05, 3.63) is 24.0 Å². The number of pyridine rings is 1. The molecule has 1 fully saturated rings. The van der Waals surface area contributed by atoms with E-state index in [1.807, 2.05) is 0 Å². The molecule has 0 bridgehead atoms. The average molecular weight is 208 g/mol. The van der Waals surface area contributed by atoms with Crippen LogP contribution in [0, 0.1) is 0 Å². The van der Waals surface area contributed by atoms with E-state index >= 15 is 0 Å². The van der Waals surface area contributed by atoms with Gasteiger partial charge in [0.2, 0.25) is 0 Å². The van der Waals surface area contributed by atoms with Gasteiger partial charge in [0.1, 0.15) is 7.85 Å². The van der Waals surface area contributed by atoms with Gasteiger partial charge in [-0.05, 0) is 5.56 Å². The molecule has 1 aromatic rings. The van der Waals surface area contributed by atoms with Gasteiger partial charge in [-0.1, -0.05) is 11.5 Å². The third kappa shape index (κ3) is 2.75. The summed E-state index contributed by atoms with van der Waals surface area (Å²) >= 11 is 0. The summed E-state index contributed by atoms with van der Waals surface area (Å²) in [6.07, 6.45) is 3.15. The standard InChI is InChI=1S/C10H11BF2N2/c11-9-3-8(4-14-5-9)6-15-2-1-10(12,13)7-15/h3-5H,1-2,6-7H2. The lowest BCUT2D eigenvalue weighted by atomic mass is 9.97. The second-order valence-electron chi connectivity index (χ2n) is 3.94. The largest absolute Gasteiger partial charge is 0.293 e. The maximum atomic E-state index is 12.9. The first-order valence-electron chi connectivity index (χ1n) is 4.85. The Morgan fingerprint density at radius 1 is 1.47 bits per heavy atom. The zero-order valence-corrected chi connectivity index (χ0v) is 8.29. The molecule has 0 atom stereocenters. The summed E-state index contributed by atoms with van der Waals surface area (Å²) in [7, 11) is 5.56. The summed E-state index contributed by atoms with van der Waals surface area (Å²) in [5.74, 6) is -2.53. The molecule has 0 amide bonds. The fourth-order valence-electron chi connectivity index (χ4n) is 1.79. The van der Waals surface area contributed by atoms with Crippen molar-refractivity contribution < 1.29 is 8.78 Å². The molecule has 2 nitrogen and oxygen atoms in total.